The van der Waals surface area contributed by atoms with E-state index in [1.165, 1.54) is 0 Å². The van der Waals surface area contributed by atoms with Gasteiger partial charge in [0.2, 0.25) is 5.78 Å². The summed E-state index contributed by atoms with van der Waals surface area (Å²) in [5.74, 6) is -0.155. The average Bonchev–Trinajstić information content (AvgIpc) is 3.02. The minimum Gasteiger partial charge on any atom is -0.287 e. The Hall–Kier alpha value is -2.91. The lowest BCUT2D eigenvalue weighted by Gasteiger charge is -2.05. The molecule has 4 heteroatoms. The summed E-state index contributed by atoms with van der Waals surface area (Å²) >= 11 is 6.23. The molecule has 0 aliphatic heterocycles. The molecule has 0 amide bonds. The highest BCUT2D eigenvalue weighted by molar-refractivity contribution is 6.35. The number of halogens is 1. The second kappa shape index (κ2) is 6.77. The summed E-state index contributed by atoms with van der Waals surface area (Å²) in [5, 5.41) is 5.96. The number of hydrogen-bond acceptors (Lipinski definition) is 2. The molecule has 26 heavy (non-hydrogen) atoms. The Morgan fingerprint density at radius 2 is 1.69 bits per heavy atom. The van der Waals surface area contributed by atoms with Crippen molar-refractivity contribution in [3.63, 3.8) is 0 Å². The van der Waals surface area contributed by atoms with Crippen LogP contribution in [-0.4, -0.2) is 15.6 Å². The van der Waals surface area contributed by atoms with Gasteiger partial charge in [0.15, 0.2) is 0 Å². The number of fused-ring (bicyclic) bond motifs is 1. The van der Waals surface area contributed by atoms with Crippen molar-refractivity contribution in [2.24, 2.45) is 0 Å². The number of carbonyl (C=O) groups excluding carboxylic acids is 1. The Labute approximate surface area is 156 Å². The first-order valence-corrected chi connectivity index (χ1v) is 8.82. The number of para-hydroxylation sites is 1. The summed E-state index contributed by atoms with van der Waals surface area (Å²) in [6.45, 7) is 2.65. The zero-order valence-electron chi connectivity index (χ0n) is 14.3. The molecule has 0 radical (unpaired) electrons. The molecular weight excluding hydrogens is 344 g/mol. The number of hydrogen-bond donors (Lipinski definition) is 0. The van der Waals surface area contributed by atoms with E-state index in [1.807, 2.05) is 60.1 Å². The minimum absolute atomic E-state index is 0.155. The van der Waals surface area contributed by atoms with E-state index in [1.54, 1.807) is 12.1 Å². The molecule has 4 rings (SSSR count). The molecule has 4 aromatic rings. The fourth-order valence-corrected chi connectivity index (χ4v) is 3.45. The predicted octanol–water partition coefficient (Wildman–Crippen LogP) is 5.28. The van der Waals surface area contributed by atoms with Crippen LogP contribution in [0.25, 0.3) is 10.9 Å². The quantitative estimate of drug-likeness (QED) is 0.464. The molecule has 3 nitrogen and oxygen atoms in total. The largest absolute Gasteiger partial charge is 0.287 e. The molecule has 0 N–H and O–H groups in total. The van der Waals surface area contributed by atoms with Crippen molar-refractivity contribution in [3.05, 3.63) is 100 Å². The third-order valence-corrected chi connectivity index (χ3v) is 4.81. The molecule has 0 unspecified atom stereocenters. The van der Waals surface area contributed by atoms with E-state index in [4.69, 9.17) is 11.6 Å². The van der Waals surface area contributed by atoms with Crippen LogP contribution in [-0.2, 0) is 6.54 Å². The predicted molar refractivity (Wildman–Crippen MR) is 105 cm³/mol. The van der Waals surface area contributed by atoms with Crippen molar-refractivity contribution >= 4 is 28.3 Å². The summed E-state index contributed by atoms with van der Waals surface area (Å²) in [6, 6.07) is 23.1. The summed E-state index contributed by atoms with van der Waals surface area (Å²) in [4.78, 5) is 13.1. The van der Waals surface area contributed by atoms with Crippen molar-refractivity contribution in [1.82, 2.24) is 9.78 Å². The Kier molecular flexibility index (Phi) is 4.31. The SMILES string of the molecule is Cc1cccc2c(C(=O)c3ccccc3Cl)nn(Cc3ccccc3)c12. The highest BCUT2D eigenvalue weighted by Crippen LogP contribution is 2.27. The van der Waals surface area contributed by atoms with E-state index in [0.717, 1.165) is 22.0 Å². The maximum absolute atomic E-state index is 13.1. The van der Waals surface area contributed by atoms with Crippen LogP contribution in [0.15, 0.2) is 72.8 Å². The molecule has 0 bridgehead atoms. The summed E-state index contributed by atoms with van der Waals surface area (Å²) in [6.07, 6.45) is 0. The second-order valence-corrected chi connectivity index (χ2v) is 6.68. The Morgan fingerprint density at radius 1 is 0.962 bits per heavy atom. The van der Waals surface area contributed by atoms with Gasteiger partial charge in [0.25, 0.3) is 0 Å². The van der Waals surface area contributed by atoms with Crippen molar-refractivity contribution in [2.45, 2.75) is 13.5 Å². The number of carbonyl (C=O) groups is 1. The molecule has 0 aliphatic carbocycles. The lowest BCUT2D eigenvalue weighted by atomic mass is 10.0. The average molecular weight is 361 g/mol. The molecule has 0 saturated carbocycles. The highest BCUT2D eigenvalue weighted by atomic mass is 35.5. The van der Waals surface area contributed by atoms with Gasteiger partial charge in [0.05, 0.1) is 17.1 Å². The van der Waals surface area contributed by atoms with Gasteiger partial charge in [-0.3, -0.25) is 9.48 Å². The first-order valence-electron chi connectivity index (χ1n) is 8.44. The summed E-state index contributed by atoms with van der Waals surface area (Å²) in [5.41, 5.74) is 4.11. The summed E-state index contributed by atoms with van der Waals surface area (Å²) in [7, 11) is 0. The van der Waals surface area contributed by atoms with Crippen LogP contribution in [0, 0.1) is 6.92 Å². The third-order valence-electron chi connectivity index (χ3n) is 4.48. The highest BCUT2D eigenvalue weighted by Gasteiger charge is 2.21. The molecule has 1 heterocycles. The fourth-order valence-electron chi connectivity index (χ4n) is 3.23. The van der Waals surface area contributed by atoms with Crippen LogP contribution < -0.4 is 0 Å². The number of rotatable bonds is 4. The lowest BCUT2D eigenvalue weighted by molar-refractivity contribution is 0.103. The van der Waals surface area contributed by atoms with E-state index in [-0.39, 0.29) is 5.78 Å². The third kappa shape index (κ3) is 2.91. The Balaban J connectivity index is 1.87. The van der Waals surface area contributed by atoms with E-state index < -0.39 is 0 Å². The number of aryl methyl sites for hydroxylation is 1. The van der Waals surface area contributed by atoms with Gasteiger partial charge in [-0.15, -0.1) is 0 Å². The molecule has 128 valence electrons. The van der Waals surface area contributed by atoms with Crippen molar-refractivity contribution in [3.8, 4) is 0 Å². The lowest BCUT2D eigenvalue weighted by Crippen LogP contribution is -2.07. The van der Waals surface area contributed by atoms with Crippen molar-refractivity contribution in [1.29, 1.82) is 0 Å². The van der Waals surface area contributed by atoms with Gasteiger partial charge in [0.1, 0.15) is 5.69 Å². The van der Waals surface area contributed by atoms with E-state index in [0.29, 0.717) is 22.8 Å². The number of aromatic nitrogens is 2. The van der Waals surface area contributed by atoms with Gasteiger partial charge in [0, 0.05) is 10.9 Å². The van der Waals surface area contributed by atoms with Crippen LogP contribution in [0.4, 0.5) is 0 Å². The van der Waals surface area contributed by atoms with Crippen LogP contribution >= 0.6 is 11.6 Å². The van der Waals surface area contributed by atoms with Crippen molar-refractivity contribution < 1.29 is 4.79 Å². The molecule has 1 aromatic heterocycles. The fraction of sp³-hybridized carbons (Fsp3) is 0.0909. The number of nitrogens with zero attached hydrogens (tertiary/aromatic N) is 2. The Bertz CT molecular complexity index is 1100. The molecular formula is C22H17ClN2O. The molecule has 0 atom stereocenters. The van der Waals surface area contributed by atoms with Crippen LogP contribution in [0.3, 0.4) is 0 Å². The number of ketones is 1. The van der Waals surface area contributed by atoms with E-state index in [2.05, 4.69) is 17.2 Å². The monoisotopic (exact) mass is 360 g/mol. The molecule has 0 saturated heterocycles. The van der Waals surface area contributed by atoms with Crippen LogP contribution in [0.5, 0.6) is 0 Å². The second-order valence-electron chi connectivity index (χ2n) is 6.27. The van der Waals surface area contributed by atoms with Gasteiger partial charge >= 0.3 is 0 Å². The van der Waals surface area contributed by atoms with E-state index in [9.17, 15) is 4.79 Å². The maximum atomic E-state index is 13.1. The minimum atomic E-state index is -0.155. The topological polar surface area (TPSA) is 34.9 Å². The van der Waals surface area contributed by atoms with Crippen LogP contribution in [0.2, 0.25) is 5.02 Å². The van der Waals surface area contributed by atoms with Gasteiger partial charge < -0.3 is 0 Å². The molecule has 0 aliphatic rings. The smallest absolute Gasteiger partial charge is 0.215 e. The number of benzene rings is 3. The first kappa shape index (κ1) is 16.6. The van der Waals surface area contributed by atoms with Gasteiger partial charge in [-0.25, -0.2) is 0 Å². The Morgan fingerprint density at radius 3 is 2.46 bits per heavy atom. The standard InChI is InChI=1S/C22H17ClN2O/c1-15-8-7-12-18-20(22(26)17-11-5-6-13-19(17)23)24-25(21(15)18)14-16-9-3-2-4-10-16/h2-13H,14H2,1H3. The van der Waals surface area contributed by atoms with Gasteiger partial charge in [-0.1, -0.05) is 72.3 Å². The molecule has 3 aromatic carbocycles. The zero-order chi connectivity index (χ0) is 18.1. The van der Waals surface area contributed by atoms with E-state index >= 15 is 0 Å². The molecule has 0 fully saturated rings. The maximum Gasteiger partial charge on any atom is 0.215 e. The summed E-state index contributed by atoms with van der Waals surface area (Å²) < 4.78 is 1.91. The van der Waals surface area contributed by atoms with Crippen molar-refractivity contribution in [2.75, 3.05) is 0 Å². The van der Waals surface area contributed by atoms with Gasteiger partial charge in [-0.05, 0) is 30.2 Å². The normalized spacial score (nSPS) is 11.0. The first-order chi connectivity index (χ1) is 12.6. The van der Waals surface area contributed by atoms with Gasteiger partial charge in [-0.2, -0.15) is 5.10 Å². The van der Waals surface area contributed by atoms with Crippen LogP contribution in [0.1, 0.15) is 27.2 Å². The molecule has 0 spiro atoms. The zero-order valence-corrected chi connectivity index (χ0v) is 15.1.